The van der Waals surface area contributed by atoms with Crippen LogP contribution in [0.5, 0.6) is 0 Å². The first kappa shape index (κ1) is 18.4. The Morgan fingerprint density at radius 3 is 2.47 bits per heavy atom. The number of rotatable bonds is 1. The molecule has 4 aromatic rings. The van der Waals surface area contributed by atoms with Gasteiger partial charge in [0.2, 0.25) is 0 Å². The monoisotopic (exact) mass is 411 g/mol. The van der Waals surface area contributed by atoms with Gasteiger partial charge in [-0.15, -0.1) is 0 Å². The Bertz CT molecular complexity index is 1330. The molecule has 1 fully saturated rings. The Morgan fingerprint density at radius 2 is 1.70 bits per heavy atom. The molecule has 0 N–H and O–H groups in total. The van der Waals surface area contributed by atoms with E-state index in [1.807, 2.05) is 18.1 Å². The van der Waals surface area contributed by atoms with E-state index in [1.165, 1.54) is 86.0 Å². The molecule has 6 rings (SSSR count). The van der Waals surface area contributed by atoms with E-state index in [-0.39, 0.29) is 0 Å². The van der Waals surface area contributed by atoms with Crippen molar-refractivity contribution in [2.24, 2.45) is 7.05 Å². The quantitative estimate of drug-likeness (QED) is 0.276. The Hall–Kier alpha value is -2.39. The number of hydrogen-bond donors (Lipinski definition) is 0. The number of nitrogens with zero attached hydrogens (tertiary/aromatic N) is 2. The Kier molecular flexibility index (Phi) is 4.18. The summed E-state index contributed by atoms with van der Waals surface area (Å²) in [6, 6.07) is 13.7. The summed E-state index contributed by atoms with van der Waals surface area (Å²) in [5, 5.41) is 4.07. The van der Waals surface area contributed by atoms with Crippen molar-refractivity contribution in [1.29, 1.82) is 0 Å². The Balaban J connectivity index is 1.68. The summed E-state index contributed by atoms with van der Waals surface area (Å²) >= 11 is 1.96. The van der Waals surface area contributed by atoms with Crippen molar-refractivity contribution in [3.05, 3.63) is 59.4 Å². The molecular formula is C27H27N2S+. The van der Waals surface area contributed by atoms with Gasteiger partial charge in [0.25, 0.3) is 6.33 Å². The second-order valence-corrected chi connectivity index (χ2v) is 10.1. The number of fused-ring (bicyclic) bond motifs is 3. The molecule has 3 aromatic carbocycles. The first-order valence-corrected chi connectivity index (χ1v) is 12.0. The molecular weight excluding hydrogens is 384 g/mol. The third kappa shape index (κ3) is 2.58. The van der Waals surface area contributed by atoms with Crippen molar-refractivity contribution >= 4 is 33.4 Å². The van der Waals surface area contributed by atoms with Crippen molar-refractivity contribution < 1.29 is 4.57 Å². The second kappa shape index (κ2) is 6.81. The van der Waals surface area contributed by atoms with Gasteiger partial charge in [-0.25, -0.2) is 4.57 Å². The third-order valence-corrected chi connectivity index (χ3v) is 8.52. The lowest BCUT2D eigenvalue weighted by Crippen LogP contribution is -2.33. The molecule has 0 amide bonds. The van der Waals surface area contributed by atoms with Gasteiger partial charge in [-0.2, -0.15) is 0 Å². The maximum Gasteiger partial charge on any atom is 0.287 e. The van der Waals surface area contributed by atoms with Gasteiger partial charge >= 0.3 is 0 Å². The fraction of sp³-hybridized carbons (Fsp3) is 0.333. The lowest BCUT2D eigenvalue weighted by Gasteiger charge is -2.26. The van der Waals surface area contributed by atoms with E-state index in [0.29, 0.717) is 5.92 Å². The van der Waals surface area contributed by atoms with Gasteiger partial charge in [0.05, 0.1) is 12.4 Å². The zero-order chi connectivity index (χ0) is 20.4. The van der Waals surface area contributed by atoms with Gasteiger partial charge in [0, 0.05) is 15.4 Å². The van der Waals surface area contributed by atoms with Crippen LogP contribution < -0.4 is 4.57 Å². The minimum atomic E-state index is 0.694. The normalized spacial score (nSPS) is 16.2. The summed E-state index contributed by atoms with van der Waals surface area (Å²) in [7, 11) is 2.14. The summed E-state index contributed by atoms with van der Waals surface area (Å²) in [5.74, 6) is 0.694. The molecule has 1 saturated carbocycles. The number of hydrogen-bond acceptors (Lipinski definition) is 2. The number of benzene rings is 3. The van der Waals surface area contributed by atoms with Crippen molar-refractivity contribution in [2.75, 3.05) is 0 Å². The van der Waals surface area contributed by atoms with E-state index in [2.05, 4.69) is 61.9 Å². The number of aromatic nitrogens is 2. The Labute approximate surface area is 182 Å². The zero-order valence-corrected chi connectivity index (χ0v) is 18.8. The fourth-order valence-corrected chi connectivity index (χ4v) is 7.01. The summed E-state index contributed by atoms with van der Waals surface area (Å²) in [5.41, 5.74) is 8.15. The SMILES string of the molecule is Cc1c2c(c(C)c3ccccc13)-c1c3c(cc(C4CCCCC4)cc3nc[n+]1C)S2. The number of aryl methyl sites for hydroxylation is 3. The fourth-order valence-electron chi connectivity index (χ4n) is 5.67. The lowest BCUT2D eigenvalue weighted by molar-refractivity contribution is -0.662. The van der Waals surface area contributed by atoms with E-state index < -0.39 is 0 Å². The van der Waals surface area contributed by atoms with Crippen LogP contribution in [0.2, 0.25) is 0 Å². The molecule has 0 atom stereocenters. The van der Waals surface area contributed by atoms with Gasteiger partial charge in [-0.3, -0.25) is 0 Å². The molecule has 0 spiro atoms. The molecule has 0 unspecified atom stereocenters. The van der Waals surface area contributed by atoms with E-state index in [4.69, 9.17) is 4.98 Å². The summed E-state index contributed by atoms with van der Waals surface area (Å²) in [6.45, 7) is 4.58. The van der Waals surface area contributed by atoms with Gasteiger partial charge in [0.1, 0.15) is 5.69 Å². The van der Waals surface area contributed by atoms with Crippen LogP contribution in [0.1, 0.15) is 54.7 Å². The third-order valence-electron chi connectivity index (χ3n) is 7.27. The average Bonchev–Trinajstić information content (AvgIpc) is 2.79. The lowest BCUT2D eigenvalue weighted by atomic mass is 9.83. The van der Waals surface area contributed by atoms with Gasteiger partial charge < -0.3 is 0 Å². The van der Waals surface area contributed by atoms with Crippen LogP contribution in [0.25, 0.3) is 32.9 Å². The molecule has 1 aliphatic carbocycles. The molecule has 0 saturated heterocycles. The zero-order valence-electron chi connectivity index (χ0n) is 18.0. The van der Waals surface area contributed by atoms with Gasteiger partial charge in [-0.1, -0.05) is 55.3 Å². The van der Waals surface area contributed by atoms with Crippen LogP contribution >= 0.6 is 11.8 Å². The van der Waals surface area contributed by atoms with Crippen molar-refractivity contribution in [3.8, 4) is 11.3 Å². The van der Waals surface area contributed by atoms with Crippen LogP contribution in [0.3, 0.4) is 0 Å². The highest BCUT2D eigenvalue weighted by Gasteiger charge is 2.31. The topological polar surface area (TPSA) is 16.8 Å². The molecule has 30 heavy (non-hydrogen) atoms. The van der Waals surface area contributed by atoms with E-state index in [1.54, 1.807) is 0 Å². The van der Waals surface area contributed by atoms with Gasteiger partial charge in [-0.05, 0) is 77.2 Å². The standard InChI is InChI=1S/C27H27N2S/c1-16-20-11-7-8-12-21(20)17(2)27-24(16)26-25-22(28-15-29(26)3)13-19(14-23(25)30-27)18-9-5-4-6-10-18/h7-8,11-15,18H,4-6,9-10H2,1-3H3/q+1. The van der Waals surface area contributed by atoms with E-state index >= 15 is 0 Å². The molecule has 0 radical (unpaired) electrons. The second-order valence-electron chi connectivity index (χ2n) is 9.05. The van der Waals surface area contributed by atoms with E-state index in [9.17, 15) is 0 Å². The smallest absolute Gasteiger partial charge is 0.232 e. The van der Waals surface area contributed by atoms with Crippen molar-refractivity contribution in [1.82, 2.24) is 4.98 Å². The molecule has 2 nitrogen and oxygen atoms in total. The largest absolute Gasteiger partial charge is 0.287 e. The molecule has 2 aliphatic rings. The summed E-state index contributed by atoms with van der Waals surface area (Å²) in [6.07, 6.45) is 8.77. The first-order valence-electron chi connectivity index (χ1n) is 11.2. The molecule has 1 aromatic heterocycles. The minimum absolute atomic E-state index is 0.694. The highest BCUT2D eigenvalue weighted by Crippen LogP contribution is 2.51. The average molecular weight is 412 g/mol. The highest BCUT2D eigenvalue weighted by molar-refractivity contribution is 7.99. The highest BCUT2D eigenvalue weighted by atomic mass is 32.2. The molecule has 2 heterocycles. The van der Waals surface area contributed by atoms with Crippen LogP contribution in [0, 0.1) is 13.8 Å². The molecule has 3 heteroatoms. The predicted molar refractivity (Wildman–Crippen MR) is 125 cm³/mol. The Morgan fingerprint density at radius 1 is 0.967 bits per heavy atom. The van der Waals surface area contributed by atoms with Crippen molar-refractivity contribution in [2.45, 2.75) is 61.7 Å². The summed E-state index contributed by atoms with van der Waals surface area (Å²) in [4.78, 5) is 7.68. The first-order chi connectivity index (χ1) is 14.6. The molecule has 0 bridgehead atoms. The van der Waals surface area contributed by atoms with Crippen LogP contribution in [-0.4, -0.2) is 4.98 Å². The van der Waals surface area contributed by atoms with Gasteiger partial charge in [0.15, 0.2) is 5.52 Å². The van der Waals surface area contributed by atoms with Crippen LogP contribution in [0.4, 0.5) is 0 Å². The maximum absolute atomic E-state index is 4.88. The maximum atomic E-state index is 4.88. The van der Waals surface area contributed by atoms with Crippen LogP contribution in [-0.2, 0) is 7.05 Å². The van der Waals surface area contributed by atoms with Crippen molar-refractivity contribution in [3.63, 3.8) is 0 Å². The van der Waals surface area contributed by atoms with E-state index in [0.717, 1.165) is 5.52 Å². The molecule has 1 aliphatic heterocycles. The molecule has 150 valence electrons. The predicted octanol–water partition coefficient (Wildman–Crippen LogP) is 7.01. The summed E-state index contributed by atoms with van der Waals surface area (Å²) < 4.78 is 2.23. The minimum Gasteiger partial charge on any atom is -0.232 e. The van der Waals surface area contributed by atoms with Crippen LogP contribution in [0.15, 0.2) is 52.5 Å².